The number of nitrogen functional groups attached to an aromatic ring is 1. The van der Waals surface area contributed by atoms with Crippen LogP contribution in [0, 0.1) is 12.3 Å². The first-order chi connectivity index (χ1) is 5.83. The molecule has 4 heteroatoms. The summed E-state index contributed by atoms with van der Waals surface area (Å²) in [6.07, 6.45) is 6.62. The molecule has 0 atom stereocenters. The largest absolute Gasteiger partial charge is 0.382 e. The standard InChI is InChI=1S/C8H6N4/c1-2-6-3-4-7-8(9)10-5-11-12(6)7/h1,3-5H,(H2,9,10,11). The van der Waals surface area contributed by atoms with Crippen molar-refractivity contribution in [3.8, 4) is 12.3 Å². The van der Waals surface area contributed by atoms with Gasteiger partial charge in [0.15, 0.2) is 5.82 Å². The topological polar surface area (TPSA) is 56.2 Å². The van der Waals surface area contributed by atoms with Gasteiger partial charge in [0.1, 0.15) is 17.5 Å². The van der Waals surface area contributed by atoms with Crippen molar-refractivity contribution in [1.29, 1.82) is 0 Å². The Labute approximate surface area is 69.0 Å². The minimum Gasteiger partial charge on any atom is -0.382 e. The fourth-order valence-corrected chi connectivity index (χ4v) is 1.06. The van der Waals surface area contributed by atoms with Crippen LogP contribution in [0.4, 0.5) is 5.82 Å². The van der Waals surface area contributed by atoms with Gasteiger partial charge in [0.05, 0.1) is 0 Å². The molecule has 2 heterocycles. The molecule has 2 aromatic heterocycles. The highest BCUT2D eigenvalue weighted by atomic mass is 15.2. The van der Waals surface area contributed by atoms with Gasteiger partial charge in [-0.3, -0.25) is 0 Å². The molecular formula is C8H6N4. The van der Waals surface area contributed by atoms with Crippen LogP contribution in [0.15, 0.2) is 18.5 Å². The van der Waals surface area contributed by atoms with Crippen LogP contribution in [0.25, 0.3) is 5.52 Å². The summed E-state index contributed by atoms with van der Waals surface area (Å²) < 4.78 is 1.59. The maximum atomic E-state index is 5.58. The van der Waals surface area contributed by atoms with Crippen molar-refractivity contribution in [3.05, 3.63) is 24.2 Å². The smallest absolute Gasteiger partial charge is 0.151 e. The van der Waals surface area contributed by atoms with Crippen LogP contribution in [-0.4, -0.2) is 14.6 Å². The van der Waals surface area contributed by atoms with E-state index >= 15 is 0 Å². The van der Waals surface area contributed by atoms with Gasteiger partial charge in [0.25, 0.3) is 0 Å². The molecule has 58 valence electrons. The lowest BCUT2D eigenvalue weighted by Crippen LogP contribution is -1.99. The Morgan fingerprint density at radius 2 is 2.33 bits per heavy atom. The fraction of sp³-hybridized carbons (Fsp3) is 0. The average molecular weight is 158 g/mol. The van der Waals surface area contributed by atoms with Crippen molar-refractivity contribution in [2.45, 2.75) is 0 Å². The van der Waals surface area contributed by atoms with Crippen molar-refractivity contribution >= 4 is 11.3 Å². The molecule has 0 aliphatic rings. The molecule has 0 radical (unpaired) electrons. The SMILES string of the molecule is C#Cc1ccc2c(N)ncnn12. The second-order valence-electron chi connectivity index (χ2n) is 2.31. The normalized spacial score (nSPS) is 9.92. The van der Waals surface area contributed by atoms with Crippen molar-refractivity contribution in [1.82, 2.24) is 14.6 Å². The van der Waals surface area contributed by atoms with E-state index in [4.69, 9.17) is 12.2 Å². The second kappa shape index (κ2) is 2.24. The Morgan fingerprint density at radius 1 is 1.50 bits per heavy atom. The van der Waals surface area contributed by atoms with E-state index in [2.05, 4.69) is 16.0 Å². The van der Waals surface area contributed by atoms with Gasteiger partial charge in [-0.2, -0.15) is 5.10 Å². The van der Waals surface area contributed by atoms with E-state index < -0.39 is 0 Å². The molecule has 4 nitrogen and oxygen atoms in total. The van der Waals surface area contributed by atoms with Crippen LogP contribution in [0.1, 0.15) is 5.69 Å². The number of fused-ring (bicyclic) bond motifs is 1. The van der Waals surface area contributed by atoms with Crippen LogP contribution in [0.3, 0.4) is 0 Å². The highest BCUT2D eigenvalue weighted by Crippen LogP contribution is 2.11. The molecule has 12 heavy (non-hydrogen) atoms. The number of nitrogens with two attached hydrogens (primary N) is 1. The van der Waals surface area contributed by atoms with Crippen LogP contribution in [-0.2, 0) is 0 Å². The van der Waals surface area contributed by atoms with Crippen molar-refractivity contribution < 1.29 is 0 Å². The summed E-state index contributed by atoms with van der Waals surface area (Å²) in [6, 6.07) is 3.57. The number of anilines is 1. The number of terminal acetylenes is 1. The second-order valence-corrected chi connectivity index (χ2v) is 2.31. The van der Waals surface area contributed by atoms with Gasteiger partial charge in [0.2, 0.25) is 0 Å². The molecule has 2 rings (SSSR count). The summed E-state index contributed by atoms with van der Waals surface area (Å²) in [7, 11) is 0. The van der Waals surface area contributed by atoms with Crippen LogP contribution in [0.2, 0.25) is 0 Å². The number of rotatable bonds is 0. The molecule has 2 aromatic rings. The minimum absolute atomic E-state index is 0.437. The van der Waals surface area contributed by atoms with Crippen LogP contribution in [0.5, 0.6) is 0 Å². The molecule has 0 saturated carbocycles. The Balaban J connectivity index is 2.91. The first-order valence-electron chi connectivity index (χ1n) is 3.38. The third-order valence-electron chi connectivity index (χ3n) is 1.63. The van der Waals surface area contributed by atoms with Gasteiger partial charge in [-0.15, -0.1) is 6.42 Å². The van der Waals surface area contributed by atoms with Gasteiger partial charge >= 0.3 is 0 Å². The van der Waals surface area contributed by atoms with Crippen molar-refractivity contribution in [2.75, 3.05) is 5.73 Å². The highest BCUT2D eigenvalue weighted by Gasteiger charge is 2.02. The Kier molecular flexibility index (Phi) is 1.25. The van der Waals surface area contributed by atoms with Gasteiger partial charge in [-0.1, -0.05) is 5.92 Å². The lowest BCUT2D eigenvalue weighted by molar-refractivity contribution is 0.896. The van der Waals surface area contributed by atoms with Gasteiger partial charge in [-0.05, 0) is 12.1 Å². The number of hydrogen-bond acceptors (Lipinski definition) is 3. The molecule has 0 aromatic carbocycles. The Bertz CT molecular complexity index is 463. The summed E-state index contributed by atoms with van der Waals surface area (Å²) in [6.45, 7) is 0. The monoisotopic (exact) mass is 158 g/mol. The zero-order valence-electron chi connectivity index (χ0n) is 6.23. The molecular weight excluding hydrogens is 152 g/mol. The van der Waals surface area contributed by atoms with E-state index in [-0.39, 0.29) is 0 Å². The van der Waals surface area contributed by atoms with Gasteiger partial charge in [0, 0.05) is 0 Å². The first-order valence-corrected chi connectivity index (χ1v) is 3.38. The van der Waals surface area contributed by atoms with E-state index in [1.807, 2.05) is 0 Å². The molecule has 0 bridgehead atoms. The van der Waals surface area contributed by atoms with Crippen molar-refractivity contribution in [2.24, 2.45) is 0 Å². The molecule has 0 amide bonds. The Hall–Kier alpha value is -2.02. The lowest BCUT2D eigenvalue weighted by Gasteiger charge is -1.96. The summed E-state index contributed by atoms with van der Waals surface area (Å²) in [5.74, 6) is 2.93. The van der Waals surface area contributed by atoms with E-state index in [0.29, 0.717) is 11.5 Å². The van der Waals surface area contributed by atoms with E-state index in [9.17, 15) is 0 Å². The van der Waals surface area contributed by atoms with Crippen LogP contribution < -0.4 is 5.73 Å². The van der Waals surface area contributed by atoms with Crippen LogP contribution >= 0.6 is 0 Å². The third-order valence-corrected chi connectivity index (χ3v) is 1.63. The third kappa shape index (κ3) is 0.736. The summed E-state index contributed by atoms with van der Waals surface area (Å²) >= 11 is 0. The maximum absolute atomic E-state index is 5.58. The molecule has 0 aliphatic carbocycles. The zero-order valence-corrected chi connectivity index (χ0v) is 6.23. The quantitative estimate of drug-likeness (QED) is 0.561. The summed E-state index contributed by atoms with van der Waals surface area (Å²) in [5, 5.41) is 3.96. The molecule has 0 aliphatic heterocycles. The van der Waals surface area contributed by atoms with E-state index in [1.165, 1.54) is 6.33 Å². The number of hydrogen-bond donors (Lipinski definition) is 1. The van der Waals surface area contributed by atoms with E-state index in [1.54, 1.807) is 16.6 Å². The zero-order chi connectivity index (χ0) is 8.55. The molecule has 0 spiro atoms. The predicted molar refractivity (Wildman–Crippen MR) is 45.3 cm³/mol. The fourth-order valence-electron chi connectivity index (χ4n) is 1.06. The predicted octanol–water partition coefficient (Wildman–Crippen LogP) is 0.293. The molecule has 2 N–H and O–H groups in total. The minimum atomic E-state index is 0.437. The van der Waals surface area contributed by atoms with Gasteiger partial charge < -0.3 is 5.73 Å². The Morgan fingerprint density at radius 3 is 3.08 bits per heavy atom. The summed E-state index contributed by atoms with van der Waals surface area (Å²) in [4.78, 5) is 3.83. The number of nitrogens with zero attached hydrogens (tertiary/aromatic N) is 3. The van der Waals surface area contributed by atoms with E-state index in [0.717, 1.165) is 5.52 Å². The lowest BCUT2D eigenvalue weighted by atomic mass is 10.4. The highest BCUT2D eigenvalue weighted by molar-refractivity contribution is 5.66. The van der Waals surface area contributed by atoms with Gasteiger partial charge in [-0.25, -0.2) is 9.50 Å². The molecule has 0 fully saturated rings. The average Bonchev–Trinajstić information content (AvgIpc) is 2.49. The molecule has 0 saturated heterocycles. The first kappa shape index (κ1) is 6.68. The maximum Gasteiger partial charge on any atom is 0.151 e. The van der Waals surface area contributed by atoms with Crippen molar-refractivity contribution in [3.63, 3.8) is 0 Å². The number of aromatic nitrogens is 3. The molecule has 0 unspecified atom stereocenters. The summed E-state index contributed by atoms with van der Waals surface area (Å²) in [5.41, 5.74) is 7.00.